The molecule has 2 aliphatic heterocycles. The van der Waals surface area contributed by atoms with Crippen LogP contribution in [0.25, 0.3) is 20.4 Å². The first kappa shape index (κ1) is 19.5. The Hall–Kier alpha value is -1.48. The summed E-state index contributed by atoms with van der Waals surface area (Å²) in [5.41, 5.74) is 4.45. The molecule has 2 aliphatic rings. The van der Waals surface area contributed by atoms with Gasteiger partial charge in [-0.05, 0) is 45.4 Å². The van der Waals surface area contributed by atoms with Crippen molar-refractivity contribution >= 4 is 49.3 Å². The Morgan fingerprint density at radius 1 is 1.24 bits per heavy atom. The summed E-state index contributed by atoms with van der Waals surface area (Å²) < 4.78 is 12.9. The van der Waals surface area contributed by atoms with Gasteiger partial charge in [0.15, 0.2) is 5.16 Å². The average molecular weight is 431 g/mol. The SMILES string of the molecule is CSc1nc(NC[C@@H]2CCCO2)c2sc3nc(C)c4c(c3c2n1)CC(C)(C)OC4. The van der Waals surface area contributed by atoms with Crippen molar-refractivity contribution in [3.8, 4) is 0 Å². The fraction of sp³-hybridized carbons (Fsp3) is 0.571. The lowest BCUT2D eigenvalue weighted by Gasteiger charge is -2.32. The summed E-state index contributed by atoms with van der Waals surface area (Å²) in [6, 6.07) is 0. The molecule has 3 aromatic rings. The van der Waals surface area contributed by atoms with Gasteiger partial charge in [0.1, 0.15) is 10.6 Å². The molecule has 3 aromatic heterocycles. The molecule has 0 spiro atoms. The molecule has 29 heavy (non-hydrogen) atoms. The van der Waals surface area contributed by atoms with Gasteiger partial charge in [0.05, 0.1) is 28.5 Å². The minimum Gasteiger partial charge on any atom is -0.376 e. The number of aromatic nitrogens is 3. The predicted octanol–water partition coefficient (Wildman–Crippen LogP) is 4.71. The van der Waals surface area contributed by atoms with E-state index < -0.39 is 0 Å². The number of anilines is 1. The Kier molecular flexibility index (Phi) is 4.93. The maximum Gasteiger partial charge on any atom is 0.189 e. The highest BCUT2D eigenvalue weighted by molar-refractivity contribution is 7.98. The highest BCUT2D eigenvalue weighted by atomic mass is 32.2. The molecule has 5 rings (SSSR count). The zero-order valence-electron chi connectivity index (χ0n) is 17.3. The summed E-state index contributed by atoms with van der Waals surface area (Å²) >= 11 is 3.26. The topological polar surface area (TPSA) is 69.2 Å². The number of ether oxygens (including phenoxy) is 2. The molecular formula is C21H26N4O2S2. The average Bonchev–Trinajstić information content (AvgIpc) is 3.32. The Labute approximate surface area is 178 Å². The minimum atomic E-state index is -0.182. The van der Waals surface area contributed by atoms with Crippen molar-refractivity contribution in [1.29, 1.82) is 0 Å². The number of fused-ring (bicyclic) bond motifs is 5. The highest BCUT2D eigenvalue weighted by Crippen LogP contribution is 2.42. The number of nitrogens with one attached hydrogen (secondary N) is 1. The summed E-state index contributed by atoms with van der Waals surface area (Å²) in [7, 11) is 0. The second kappa shape index (κ2) is 7.34. The van der Waals surface area contributed by atoms with Crippen LogP contribution in [-0.4, -0.2) is 46.1 Å². The first-order valence-electron chi connectivity index (χ1n) is 10.1. The zero-order valence-corrected chi connectivity index (χ0v) is 18.9. The Morgan fingerprint density at radius 3 is 2.86 bits per heavy atom. The molecule has 1 fully saturated rings. The molecular weight excluding hydrogens is 404 g/mol. The Morgan fingerprint density at radius 2 is 2.10 bits per heavy atom. The fourth-order valence-electron chi connectivity index (χ4n) is 4.24. The quantitative estimate of drug-likeness (QED) is 0.475. The number of thiophene rings is 1. The number of nitrogens with zero attached hydrogens (tertiary/aromatic N) is 3. The van der Waals surface area contributed by atoms with E-state index in [4.69, 9.17) is 24.4 Å². The minimum absolute atomic E-state index is 0.182. The van der Waals surface area contributed by atoms with Gasteiger partial charge in [-0.1, -0.05) is 11.8 Å². The predicted molar refractivity (Wildman–Crippen MR) is 119 cm³/mol. The van der Waals surface area contributed by atoms with Crippen molar-refractivity contribution in [2.45, 2.75) is 63.5 Å². The van der Waals surface area contributed by atoms with E-state index in [9.17, 15) is 0 Å². The van der Waals surface area contributed by atoms with Crippen LogP contribution in [0.4, 0.5) is 5.82 Å². The monoisotopic (exact) mass is 430 g/mol. The number of aryl methyl sites for hydroxylation is 1. The molecule has 6 nitrogen and oxygen atoms in total. The highest BCUT2D eigenvalue weighted by Gasteiger charge is 2.31. The molecule has 1 atom stereocenters. The van der Waals surface area contributed by atoms with Crippen LogP contribution in [-0.2, 0) is 22.5 Å². The van der Waals surface area contributed by atoms with Crippen LogP contribution < -0.4 is 5.32 Å². The third-order valence-corrected chi connectivity index (χ3v) is 7.41. The molecule has 5 heterocycles. The maximum absolute atomic E-state index is 6.07. The van der Waals surface area contributed by atoms with Crippen molar-refractivity contribution in [2.24, 2.45) is 0 Å². The molecule has 8 heteroatoms. The van der Waals surface area contributed by atoms with E-state index in [1.807, 2.05) is 6.26 Å². The molecule has 0 aromatic carbocycles. The second-order valence-corrected chi connectivity index (χ2v) is 10.2. The molecule has 0 radical (unpaired) electrons. The van der Waals surface area contributed by atoms with E-state index in [0.29, 0.717) is 6.61 Å². The van der Waals surface area contributed by atoms with Crippen LogP contribution in [0, 0.1) is 6.92 Å². The molecule has 0 saturated carbocycles. The summed E-state index contributed by atoms with van der Waals surface area (Å²) in [5, 5.41) is 5.51. The first-order chi connectivity index (χ1) is 13.9. The van der Waals surface area contributed by atoms with E-state index in [1.165, 1.54) is 16.5 Å². The lowest BCUT2D eigenvalue weighted by molar-refractivity contribution is -0.0400. The van der Waals surface area contributed by atoms with Crippen molar-refractivity contribution in [3.63, 3.8) is 0 Å². The van der Waals surface area contributed by atoms with Gasteiger partial charge in [0.25, 0.3) is 0 Å². The summed E-state index contributed by atoms with van der Waals surface area (Å²) in [6.07, 6.45) is 5.39. The van der Waals surface area contributed by atoms with Crippen molar-refractivity contribution < 1.29 is 9.47 Å². The van der Waals surface area contributed by atoms with Gasteiger partial charge in [-0.3, -0.25) is 0 Å². The van der Waals surface area contributed by atoms with Crippen molar-refractivity contribution in [3.05, 3.63) is 16.8 Å². The van der Waals surface area contributed by atoms with Crippen molar-refractivity contribution in [1.82, 2.24) is 15.0 Å². The van der Waals surface area contributed by atoms with Gasteiger partial charge in [0, 0.05) is 36.2 Å². The third kappa shape index (κ3) is 3.50. The van der Waals surface area contributed by atoms with E-state index >= 15 is 0 Å². The molecule has 1 N–H and O–H groups in total. The Bertz CT molecular complexity index is 1090. The fourth-order valence-corrected chi connectivity index (χ4v) is 5.76. The van der Waals surface area contributed by atoms with Crippen LogP contribution in [0.5, 0.6) is 0 Å². The molecule has 0 bridgehead atoms. The number of hydrogen-bond donors (Lipinski definition) is 1. The number of hydrogen-bond acceptors (Lipinski definition) is 8. The standard InChI is InChI=1S/C21H26N4O2S2/c1-11-14-10-27-21(2,3)8-13(14)15-16-17(29-19(15)23-11)18(25-20(24-16)28-4)22-9-12-6-5-7-26-12/h12H,5-10H2,1-4H3,(H,22,24,25)/t12-/m0/s1. The molecule has 154 valence electrons. The number of rotatable bonds is 4. The lowest BCUT2D eigenvalue weighted by atomic mass is 9.89. The van der Waals surface area contributed by atoms with Gasteiger partial charge in [-0.15, -0.1) is 11.3 Å². The number of thioether (sulfide) groups is 1. The van der Waals surface area contributed by atoms with Crippen LogP contribution in [0.1, 0.15) is 43.5 Å². The first-order valence-corrected chi connectivity index (χ1v) is 12.2. The van der Waals surface area contributed by atoms with Crippen LogP contribution in [0.15, 0.2) is 5.16 Å². The van der Waals surface area contributed by atoms with E-state index in [1.54, 1.807) is 23.1 Å². The van der Waals surface area contributed by atoms with E-state index in [2.05, 4.69) is 26.1 Å². The largest absolute Gasteiger partial charge is 0.376 e. The summed E-state index contributed by atoms with van der Waals surface area (Å²) in [5.74, 6) is 0.899. The van der Waals surface area contributed by atoms with Crippen LogP contribution in [0.2, 0.25) is 0 Å². The van der Waals surface area contributed by atoms with E-state index in [-0.39, 0.29) is 11.7 Å². The van der Waals surface area contributed by atoms with Gasteiger partial charge >= 0.3 is 0 Å². The maximum atomic E-state index is 6.07. The smallest absolute Gasteiger partial charge is 0.189 e. The summed E-state index contributed by atoms with van der Waals surface area (Å²) in [4.78, 5) is 15.7. The Balaban J connectivity index is 1.68. The van der Waals surface area contributed by atoms with Crippen LogP contribution in [0.3, 0.4) is 0 Å². The third-order valence-electron chi connectivity index (χ3n) is 5.78. The van der Waals surface area contributed by atoms with Gasteiger partial charge in [0.2, 0.25) is 0 Å². The normalized spacial score (nSPS) is 21.0. The van der Waals surface area contributed by atoms with Crippen molar-refractivity contribution in [2.75, 3.05) is 24.7 Å². The van der Waals surface area contributed by atoms with Gasteiger partial charge in [-0.25, -0.2) is 15.0 Å². The van der Waals surface area contributed by atoms with Crippen LogP contribution >= 0.6 is 23.1 Å². The van der Waals surface area contributed by atoms with Gasteiger partial charge < -0.3 is 14.8 Å². The van der Waals surface area contributed by atoms with Gasteiger partial charge in [-0.2, -0.15) is 0 Å². The number of pyridine rings is 1. The molecule has 0 amide bonds. The molecule has 0 aliphatic carbocycles. The zero-order chi connectivity index (χ0) is 20.2. The molecule has 0 unspecified atom stereocenters. The lowest BCUT2D eigenvalue weighted by Crippen LogP contribution is -2.32. The molecule has 1 saturated heterocycles. The second-order valence-electron chi connectivity index (χ2n) is 8.41. The van der Waals surface area contributed by atoms with E-state index in [0.717, 1.165) is 64.1 Å². The summed E-state index contributed by atoms with van der Waals surface area (Å²) in [6.45, 7) is 8.64.